The molecule has 0 saturated carbocycles. The van der Waals surface area contributed by atoms with E-state index in [4.69, 9.17) is 5.14 Å². The number of benzene rings is 2. The summed E-state index contributed by atoms with van der Waals surface area (Å²) in [6, 6.07) is 11.0. The van der Waals surface area contributed by atoms with Crippen molar-refractivity contribution in [1.29, 1.82) is 0 Å². The zero-order valence-electron chi connectivity index (χ0n) is 13.9. The molecule has 0 fully saturated rings. The van der Waals surface area contributed by atoms with Gasteiger partial charge in [-0.15, -0.1) is 0 Å². The Balaban J connectivity index is 1.87. The van der Waals surface area contributed by atoms with Gasteiger partial charge in [-0.05, 0) is 49.1 Å². The van der Waals surface area contributed by atoms with E-state index in [1.165, 1.54) is 0 Å². The van der Waals surface area contributed by atoms with Crippen LogP contribution in [-0.2, 0) is 16.4 Å². The molecule has 0 aromatic heterocycles. The fraction of sp³-hybridized carbons (Fsp3) is 0.333. The lowest BCUT2D eigenvalue weighted by atomic mass is 10.0. The van der Waals surface area contributed by atoms with Crippen molar-refractivity contribution in [2.75, 3.05) is 18.0 Å². The molecule has 0 aliphatic carbocycles. The first-order valence-corrected chi connectivity index (χ1v) is 9.46. The van der Waals surface area contributed by atoms with E-state index in [-0.39, 0.29) is 4.90 Å². The summed E-state index contributed by atoms with van der Waals surface area (Å²) in [4.78, 5) is 2.13. The van der Waals surface area contributed by atoms with E-state index in [9.17, 15) is 13.5 Å². The second kappa shape index (κ2) is 6.20. The van der Waals surface area contributed by atoms with Crippen LogP contribution in [0.15, 0.2) is 41.3 Å². The molecule has 1 atom stereocenters. The van der Waals surface area contributed by atoms with Crippen LogP contribution in [0.5, 0.6) is 0 Å². The third kappa shape index (κ3) is 3.31. The lowest BCUT2D eigenvalue weighted by Crippen LogP contribution is -2.27. The molecule has 0 spiro atoms. The number of rotatable bonds is 4. The molecule has 24 heavy (non-hydrogen) atoms. The van der Waals surface area contributed by atoms with Crippen molar-refractivity contribution in [3.05, 3.63) is 58.7 Å². The summed E-state index contributed by atoms with van der Waals surface area (Å²) in [6.45, 7) is 5.16. The van der Waals surface area contributed by atoms with Crippen LogP contribution in [0.4, 0.5) is 5.69 Å². The van der Waals surface area contributed by atoms with Gasteiger partial charge in [-0.1, -0.05) is 29.8 Å². The molecule has 0 radical (unpaired) electrons. The number of hydrogen-bond donors (Lipinski definition) is 2. The Bertz CT molecular complexity index is 878. The molecular weight excluding hydrogens is 324 g/mol. The van der Waals surface area contributed by atoms with Gasteiger partial charge in [-0.3, -0.25) is 0 Å². The molecule has 6 heteroatoms. The number of β-amino-alcohol motifs (C(OH)–C–C–N with tert-alkyl or cyclic N) is 1. The Morgan fingerprint density at radius 2 is 1.96 bits per heavy atom. The molecule has 2 aromatic carbocycles. The fourth-order valence-corrected chi connectivity index (χ4v) is 3.75. The van der Waals surface area contributed by atoms with Crippen LogP contribution in [0.3, 0.4) is 0 Å². The van der Waals surface area contributed by atoms with Crippen molar-refractivity contribution < 1.29 is 13.5 Å². The SMILES string of the molecule is Cc1ccc(C)c(C(O)CN2CCc3ccc(S(N)(=O)=O)cc32)c1. The van der Waals surface area contributed by atoms with E-state index >= 15 is 0 Å². The number of sulfonamides is 1. The molecule has 1 aliphatic rings. The Labute approximate surface area is 142 Å². The number of nitrogens with zero attached hydrogens (tertiary/aromatic N) is 1. The van der Waals surface area contributed by atoms with Gasteiger partial charge in [0.2, 0.25) is 10.0 Å². The highest BCUT2D eigenvalue weighted by atomic mass is 32.2. The van der Waals surface area contributed by atoms with Gasteiger partial charge in [0.15, 0.2) is 0 Å². The normalized spacial score (nSPS) is 15.4. The Morgan fingerprint density at radius 1 is 1.21 bits per heavy atom. The Hall–Kier alpha value is -1.89. The summed E-state index contributed by atoms with van der Waals surface area (Å²) in [5, 5.41) is 15.9. The van der Waals surface area contributed by atoms with Crippen LogP contribution in [0.2, 0.25) is 0 Å². The number of fused-ring (bicyclic) bond motifs is 1. The number of primary sulfonamides is 1. The number of anilines is 1. The van der Waals surface area contributed by atoms with Crippen molar-refractivity contribution in [1.82, 2.24) is 0 Å². The van der Waals surface area contributed by atoms with Crippen molar-refractivity contribution >= 4 is 15.7 Å². The molecule has 3 N–H and O–H groups in total. The highest BCUT2D eigenvalue weighted by Crippen LogP contribution is 2.32. The number of aryl methyl sites for hydroxylation is 2. The Kier molecular flexibility index (Phi) is 4.38. The van der Waals surface area contributed by atoms with Crippen LogP contribution in [-0.4, -0.2) is 26.6 Å². The summed E-state index contributed by atoms with van der Waals surface area (Å²) in [5.41, 5.74) is 4.98. The molecule has 0 amide bonds. The molecule has 1 heterocycles. The maximum atomic E-state index is 11.6. The van der Waals surface area contributed by atoms with E-state index in [0.717, 1.165) is 40.9 Å². The molecule has 3 rings (SSSR count). The average Bonchev–Trinajstić information content (AvgIpc) is 2.91. The van der Waals surface area contributed by atoms with Gasteiger partial charge in [-0.2, -0.15) is 0 Å². The smallest absolute Gasteiger partial charge is 0.238 e. The maximum Gasteiger partial charge on any atom is 0.238 e. The predicted molar refractivity (Wildman–Crippen MR) is 94.6 cm³/mol. The monoisotopic (exact) mass is 346 g/mol. The van der Waals surface area contributed by atoms with Gasteiger partial charge in [0.1, 0.15) is 0 Å². The van der Waals surface area contributed by atoms with Crippen molar-refractivity contribution in [3.8, 4) is 0 Å². The zero-order chi connectivity index (χ0) is 17.5. The van der Waals surface area contributed by atoms with E-state index in [2.05, 4.69) is 0 Å². The maximum absolute atomic E-state index is 11.6. The minimum atomic E-state index is -3.73. The van der Waals surface area contributed by atoms with Gasteiger partial charge in [0.05, 0.1) is 11.0 Å². The van der Waals surface area contributed by atoms with E-state index in [1.54, 1.807) is 18.2 Å². The number of aliphatic hydroxyl groups excluding tert-OH is 1. The first kappa shape index (κ1) is 17.0. The molecule has 1 unspecified atom stereocenters. The second-order valence-electron chi connectivity index (χ2n) is 6.41. The second-order valence-corrected chi connectivity index (χ2v) is 7.97. The topological polar surface area (TPSA) is 83.6 Å². The minimum absolute atomic E-state index is 0.106. The summed E-state index contributed by atoms with van der Waals surface area (Å²) >= 11 is 0. The molecule has 0 saturated heterocycles. The third-order valence-corrected chi connectivity index (χ3v) is 5.48. The first-order valence-electron chi connectivity index (χ1n) is 7.91. The minimum Gasteiger partial charge on any atom is -0.387 e. The molecular formula is C18H22N2O3S. The standard InChI is InChI=1S/C18H22N2O3S/c1-12-3-4-13(2)16(9-12)18(21)11-20-8-7-14-5-6-15(10-17(14)20)24(19,22)23/h3-6,9-10,18,21H,7-8,11H2,1-2H3,(H2,19,22,23). The van der Waals surface area contributed by atoms with Gasteiger partial charge in [0.25, 0.3) is 0 Å². The summed E-state index contributed by atoms with van der Waals surface area (Å²) < 4.78 is 23.2. The molecule has 5 nitrogen and oxygen atoms in total. The van der Waals surface area contributed by atoms with Gasteiger partial charge in [0, 0.05) is 18.8 Å². The van der Waals surface area contributed by atoms with E-state index in [0.29, 0.717) is 6.54 Å². The van der Waals surface area contributed by atoms with Gasteiger partial charge >= 0.3 is 0 Å². The predicted octanol–water partition coefficient (Wildman–Crippen LogP) is 2.05. The van der Waals surface area contributed by atoms with E-state index < -0.39 is 16.1 Å². The largest absolute Gasteiger partial charge is 0.387 e. The summed E-state index contributed by atoms with van der Waals surface area (Å²) in [7, 11) is -3.73. The quantitative estimate of drug-likeness (QED) is 0.887. The highest BCUT2D eigenvalue weighted by Gasteiger charge is 2.24. The van der Waals surface area contributed by atoms with Crippen LogP contribution in [0.25, 0.3) is 0 Å². The van der Waals surface area contributed by atoms with Crippen LogP contribution in [0.1, 0.15) is 28.4 Å². The molecule has 2 aromatic rings. The van der Waals surface area contributed by atoms with Crippen molar-refractivity contribution in [2.24, 2.45) is 5.14 Å². The zero-order valence-corrected chi connectivity index (χ0v) is 14.7. The van der Waals surface area contributed by atoms with Crippen LogP contribution in [0, 0.1) is 13.8 Å². The number of aliphatic hydroxyl groups is 1. The fourth-order valence-electron chi connectivity index (χ4n) is 3.22. The molecule has 128 valence electrons. The van der Waals surface area contributed by atoms with Gasteiger partial charge in [-0.25, -0.2) is 13.6 Å². The van der Waals surface area contributed by atoms with Gasteiger partial charge < -0.3 is 10.0 Å². The van der Waals surface area contributed by atoms with Crippen LogP contribution < -0.4 is 10.0 Å². The lowest BCUT2D eigenvalue weighted by Gasteiger charge is -2.24. The third-order valence-electron chi connectivity index (χ3n) is 4.56. The van der Waals surface area contributed by atoms with Crippen molar-refractivity contribution in [2.45, 2.75) is 31.3 Å². The molecule has 1 aliphatic heterocycles. The highest BCUT2D eigenvalue weighted by molar-refractivity contribution is 7.89. The van der Waals surface area contributed by atoms with Crippen molar-refractivity contribution in [3.63, 3.8) is 0 Å². The number of nitrogens with two attached hydrogens (primary N) is 1. The van der Waals surface area contributed by atoms with E-state index in [1.807, 2.05) is 36.9 Å². The Morgan fingerprint density at radius 3 is 2.67 bits per heavy atom. The molecule has 0 bridgehead atoms. The number of hydrogen-bond acceptors (Lipinski definition) is 4. The average molecular weight is 346 g/mol. The summed E-state index contributed by atoms with van der Waals surface area (Å²) in [5.74, 6) is 0. The van der Waals surface area contributed by atoms with Crippen LogP contribution >= 0.6 is 0 Å². The first-order chi connectivity index (χ1) is 11.3. The lowest BCUT2D eigenvalue weighted by molar-refractivity contribution is 0.183. The summed E-state index contributed by atoms with van der Waals surface area (Å²) in [6.07, 6.45) is 0.203.